The molecule has 0 aromatic heterocycles. The predicted octanol–water partition coefficient (Wildman–Crippen LogP) is 4.77. The van der Waals surface area contributed by atoms with Crippen LogP contribution in [0.15, 0.2) is 87.8 Å². The average molecular weight is 367 g/mol. The van der Waals surface area contributed by atoms with Crippen molar-refractivity contribution in [3.63, 3.8) is 0 Å². The van der Waals surface area contributed by atoms with E-state index >= 15 is 0 Å². The lowest BCUT2D eigenvalue weighted by Crippen LogP contribution is -2.03. The molecule has 0 radical (unpaired) electrons. The molecule has 3 aromatic rings. The van der Waals surface area contributed by atoms with Gasteiger partial charge in [-0.2, -0.15) is 15.0 Å². The van der Waals surface area contributed by atoms with Crippen LogP contribution in [0.3, 0.4) is 0 Å². The Labute approximate surface area is 160 Å². The molecule has 134 valence electrons. The molecule has 6 heteroatoms. The Kier molecular flexibility index (Phi) is 5.94. The van der Waals surface area contributed by atoms with Gasteiger partial charge in [-0.3, -0.25) is 0 Å². The smallest absolute Gasteiger partial charge is 0.211 e. The first-order valence-corrected chi connectivity index (χ1v) is 8.29. The van der Waals surface area contributed by atoms with Crippen molar-refractivity contribution >= 4 is 35.3 Å². The largest absolute Gasteiger partial charge is 0.240 e. The Morgan fingerprint density at radius 3 is 1.50 bits per heavy atom. The summed E-state index contributed by atoms with van der Waals surface area (Å²) in [5.41, 5.74) is 4.12. The quantitative estimate of drug-likeness (QED) is 0.357. The molecule has 0 bridgehead atoms. The molecule has 28 heavy (non-hydrogen) atoms. The number of para-hydroxylation sites is 1. The maximum Gasteiger partial charge on any atom is 0.240 e. The number of aliphatic imine (C=N–C) groups is 3. The molecular weight excluding hydrogens is 354 g/mol. The minimum absolute atomic E-state index is 0.253. The van der Waals surface area contributed by atoms with Crippen LogP contribution in [-0.2, 0) is 14.4 Å². The second kappa shape index (κ2) is 8.95. The average Bonchev–Trinajstić information content (AvgIpc) is 2.73. The fraction of sp³-hybridized carbons (Fsp3) is 0.0455. The Balaban J connectivity index is 2.17. The molecule has 0 amide bonds. The normalized spacial score (nSPS) is 10.7. The monoisotopic (exact) mass is 367 g/mol. The first-order valence-electron chi connectivity index (χ1n) is 8.29. The van der Waals surface area contributed by atoms with E-state index < -0.39 is 0 Å². The van der Waals surface area contributed by atoms with Crippen molar-refractivity contribution in [1.29, 1.82) is 0 Å². The second-order valence-electron chi connectivity index (χ2n) is 5.78. The van der Waals surface area contributed by atoms with Gasteiger partial charge in [0, 0.05) is 5.92 Å². The molecule has 0 atom stereocenters. The number of rotatable bonds is 6. The molecule has 0 aliphatic carbocycles. The van der Waals surface area contributed by atoms with E-state index in [1.165, 1.54) is 12.2 Å². The minimum atomic E-state index is -0.253. The molecule has 0 spiro atoms. The molecule has 0 fully saturated rings. The third kappa shape index (κ3) is 4.13. The Morgan fingerprint density at radius 1 is 0.571 bits per heavy atom. The van der Waals surface area contributed by atoms with Crippen molar-refractivity contribution in [3.05, 3.63) is 89.5 Å². The number of isocyanates is 3. The van der Waals surface area contributed by atoms with Gasteiger partial charge in [0.2, 0.25) is 18.2 Å². The van der Waals surface area contributed by atoms with Gasteiger partial charge in [0.15, 0.2) is 0 Å². The van der Waals surface area contributed by atoms with Crippen molar-refractivity contribution < 1.29 is 14.4 Å². The zero-order chi connectivity index (χ0) is 19.8. The number of carbonyl (C=O) groups excluding carboxylic acids is 3. The maximum atomic E-state index is 10.9. The Hall–Kier alpha value is -4.20. The highest BCUT2D eigenvalue weighted by Crippen LogP contribution is 2.38. The molecule has 0 aliphatic rings. The molecular formula is C22H13N3O3. The third-order valence-electron chi connectivity index (χ3n) is 4.22. The van der Waals surface area contributed by atoms with Gasteiger partial charge in [-0.25, -0.2) is 14.4 Å². The van der Waals surface area contributed by atoms with E-state index in [1.807, 2.05) is 36.4 Å². The summed E-state index contributed by atoms with van der Waals surface area (Å²) in [4.78, 5) is 42.8. The van der Waals surface area contributed by atoms with Crippen LogP contribution in [0.5, 0.6) is 0 Å². The summed E-state index contributed by atoms with van der Waals surface area (Å²) >= 11 is 0. The highest BCUT2D eigenvalue weighted by atomic mass is 16.1. The molecule has 0 heterocycles. The predicted molar refractivity (Wildman–Crippen MR) is 104 cm³/mol. The van der Waals surface area contributed by atoms with Crippen LogP contribution in [-0.4, -0.2) is 18.2 Å². The topological polar surface area (TPSA) is 88.3 Å². The summed E-state index contributed by atoms with van der Waals surface area (Å²) in [7, 11) is 0. The highest BCUT2D eigenvalue weighted by molar-refractivity contribution is 5.61. The molecule has 0 unspecified atom stereocenters. The van der Waals surface area contributed by atoms with Crippen molar-refractivity contribution in [2.75, 3.05) is 0 Å². The summed E-state index contributed by atoms with van der Waals surface area (Å²) in [6, 6.07) is 21.5. The van der Waals surface area contributed by atoms with Crippen LogP contribution < -0.4 is 0 Å². The van der Waals surface area contributed by atoms with Gasteiger partial charge >= 0.3 is 0 Å². The lowest BCUT2D eigenvalue weighted by Gasteiger charge is -2.20. The highest BCUT2D eigenvalue weighted by Gasteiger charge is 2.20. The van der Waals surface area contributed by atoms with Crippen molar-refractivity contribution in [3.8, 4) is 0 Å². The van der Waals surface area contributed by atoms with Gasteiger partial charge in [0.05, 0.1) is 17.1 Å². The van der Waals surface area contributed by atoms with Gasteiger partial charge in [-0.15, -0.1) is 0 Å². The summed E-state index contributed by atoms with van der Waals surface area (Å²) in [5, 5.41) is 0. The van der Waals surface area contributed by atoms with Gasteiger partial charge in [0.1, 0.15) is 0 Å². The van der Waals surface area contributed by atoms with E-state index in [0.29, 0.717) is 17.1 Å². The van der Waals surface area contributed by atoms with Crippen LogP contribution in [0.2, 0.25) is 0 Å². The van der Waals surface area contributed by atoms with Crippen molar-refractivity contribution in [2.45, 2.75) is 5.92 Å². The Bertz CT molecular complexity index is 1060. The number of hydrogen-bond donors (Lipinski definition) is 0. The van der Waals surface area contributed by atoms with Gasteiger partial charge in [0.25, 0.3) is 0 Å². The zero-order valence-corrected chi connectivity index (χ0v) is 14.6. The summed E-state index contributed by atoms with van der Waals surface area (Å²) in [6.45, 7) is 0. The molecule has 0 N–H and O–H groups in total. The number of nitrogens with zero attached hydrogens (tertiary/aromatic N) is 3. The van der Waals surface area contributed by atoms with E-state index in [2.05, 4.69) is 15.0 Å². The van der Waals surface area contributed by atoms with E-state index in [9.17, 15) is 14.4 Å². The van der Waals surface area contributed by atoms with E-state index in [0.717, 1.165) is 16.7 Å². The van der Waals surface area contributed by atoms with E-state index in [1.54, 1.807) is 42.5 Å². The molecule has 0 saturated heterocycles. The molecule has 6 nitrogen and oxygen atoms in total. The third-order valence-corrected chi connectivity index (χ3v) is 4.22. The standard InChI is InChI=1S/C22H13N3O3/c26-13-23-18-9-5-16(6-10-18)22(17-7-11-19(12-8-17)24-14-27)20-3-1-2-4-21(20)25-15-28/h1-12,22H. The van der Waals surface area contributed by atoms with Crippen LogP contribution in [0.4, 0.5) is 17.1 Å². The summed E-state index contributed by atoms with van der Waals surface area (Å²) in [5.74, 6) is -0.253. The number of hydrogen-bond acceptors (Lipinski definition) is 6. The van der Waals surface area contributed by atoms with Crippen LogP contribution in [0.1, 0.15) is 22.6 Å². The SMILES string of the molecule is O=C=Nc1ccc(C(c2ccc(N=C=O)cc2)c2ccccc2N=C=O)cc1. The maximum absolute atomic E-state index is 10.9. The fourth-order valence-electron chi connectivity index (χ4n) is 3.02. The lowest BCUT2D eigenvalue weighted by atomic mass is 9.84. The van der Waals surface area contributed by atoms with Crippen molar-refractivity contribution in [1.82, 2.24) is 0 Å². The molecule has 0 aliphatic heterocycles. The molecule has 3 aromatic carbocycles. The van der Waals surface area contributed by atoms with Crippen LogP contribution in [0.25, 0.3) is 0 Å². The van der Waals surface area contributed by atoms with Gasteiger partial charge in [-0.1, -0.05) is 42.5 Å². The first-order chi connectivity index (χ1) is 13.8. The zero-order valence-electron chi connectivity index (χ0n) is 14.6. The molecule has 0 saturated carbocycles. The Morgan fingerprint density at radius 2 is 1.04 bits per heavy atom. The van der Waals surface area contributed by atoms with E-state index in [4.69, 9.17) is 0 Å². The fourth-order valence-corrected chi connectivity index (χ4v) is 3.02. The number of benzene rings is 3. The lowest BCUT2D eigenvalue weighted by molar-refractivity contribution is 0.564. The van der Waals surface area contributed by atoms with Gasteiger partial charge < -0.3 is 0 Å². The molecule has 3 rings (SSSR count). The minimum Gasteiger partial charge on any atom is -0.211 e. The second-order valence-corrected chi connectivity index (χ2v) is 5.78. The van der Waals surface area contributed by atoms with Crippen LogP contribution >= 0.6 is 0 Å². The van der Waals surface area contributed by atoms with E-state index in [-0.39, 0.29) is 5.92 Å². The van der Waals surface area contributed by atoms with Gasteiger partial charge in [-0.05, 0) is 47.0 Å². The van der Waals surface area contributed by atoms with Crippen molar-refractivity contribution in [2.24, 2.45) is 15.0 Å². The van der Waals surface area contributed by atoms with Crippen LogP contribution in [0, 0.1) is 0 Å². The summed E-state index contributed by atoms with van der Waals surface area (Å²) < 4.78 is 0. The first kappa shape index (κ1) is 18.6. The summed E-state index contributed by atoms with van der Waals surface area (Å²) in [6.07, 6.45) is 4.62.